The van der Waals surface area contributed by atoms with Crippen molar-refractivity contribution in [2.75, 3.05) is 0 Å². The highest BCUT2D eigenvalue weighted by Gasteiger charge is 2.17. The van der Waals surface area contributed by atoms with E-state index in [1.807, 2.05) is 24.3 Å². The van der Waals surface area contributed by atoms with Crippen LogP contribution in [0.4, 0.5) is 5.69 Å². The van der Waals surface area contributed by atoms with Crippen LogP contribution in [0.3, 0.4) is 0 Å². The normalized spacial score (nSPS) is 11.7. The van der Waals surface area contributed by atoms with E-state index in [0.717, 1.165) is 10.8 Å². The zero-order valence-corrected chi connectivity index (χ0v) is 20.2. The van der Waals surface area contributed by atoms with E-state index in [0.29, 0.717) is 11.3 Å². The van der Waals surface area contributed by atoms with Crippen LogP contribution in [-0.2, 0) is 4.79 Å². The summed E-state index contributed by atoms with van der Waals surface area (Å²) in [5.41, 5.74) is 3.00. The van der Waals surface area contributed by atoms with Gasteiger partial charge in [0.1, 0.15) is 11.5 Å². The molecule has 186 valence electrons. The lowest BCUT2D eigenvalue weighted by Crippen LogP contribution is -2.33. The van der Waals surface area contributed by atoms with Gasteiger partial charge < -0.3 is 9.47 Å². The molecule has 4 rings (SSSR count). The minimum absolute atomic E-state index is 0.0878. The number of carbonyl (C=O) groups excluding carboxylic acids is 2. The van der Waals surface area contributed by atoms with E-state index in [1.165, 1.54) is 37.4 Å². The molecule has 0 saturated carbocycles. The van der Waals surface area contributed by atoms with Gasteiger partial charge in [-0.25, -0.2) is 10.2 Å². The van der Waals surface area contributed by atoms with Crippen LogP contribution in [-0.4, -0.2) is 29.1 Å². The number of ether oxygens (including phenoxy) is 2. The Bertz CT molecular complexity index is 1500. The highest BCUT2D eigenvalue weighted by molar-refractivity contribution is 6.33. The van der Waals surface area contributed by atoms with E-state index in [4.69, 9.17) is 21.1 Å². The second kappa shape index (κ2) is 11.3. The van der Waals surface area contributed by atoms with Crippen LogP contribution in [0.1, 0.15) is 22.8 Å². The van der Waals surface area contributed by atoms with Gasteiger partial charge in [-0.2, -0.15) is 5.10 Å². The van der Waals surface area contributed by atoms with Crippen LogP contribution in [0.2, 0.25) is 5.02 Å². The lowest BCUT2D eigenvalue weighted by Gasteiger charge is -2.13. The highest BCUT2D eigenvalue weighted by atomic mass is 35.5. The van der Waals surface area contributed by atoms with Crippen LogP contribution >= 0.6 is 11.6 Å². The number of rotatable bonds is 8. The first-order chi connectivity index (χ1) is 17.8. The Morgan fingerprint density at radius 2 is 1.70 bits per heavy atom. The van der Waals surface area contributed by atoms with Crippen molar-refractivity contribution in [3.63, 3.8) is 0 Å². The fourth-order valence-corrected chi connectivity index (χ4v) is 3.65. The van der Waals surface area contributed by atoms with E-state index >= 15 is 0 Å². The first kappa shape index (κ1) is 25.3. The first-order valence-corrected chi connectivity index (χ1v) is 11.4. The fraction of sp³-hybridized carbons (Fsp3) is 0.0741. The minimum atomic E-state index is -0.941. The number of nitro benzene ring substituents is 1. The third kappa shape index (κ3) is 6.09. The molecule has 0 aromatic heterocycles. The summed E-state index contributed by atoms with van der Waals surface area (Å²) < 4.78 is 11.2. The Morgan fingerprint density at radius 1 is 1.00 bits per heavy atom. The summed E-state index contributed by atoms with van der Waals surface area (Å²) in [5.74, 6) is -0.661. The molecule has 0 aliphatic heterocycles. The maximum absolute atomic E-state index is 12.8. The number of amides is 1. The van der Waals surface area contributed by atoms with Gasteiger partial charge in [0.2, 0.25) is 0 Å². The number of nitrogens with zero attached hydrogens (tertiary/aromatic N) is 2. The van der Waals surface area contributed by atoms with E-state index in [2.05, 4.69) is 10.5 Å². The summed E-state index contributed by atoms with van der Waals surface area (Å²) in [7, 11) is 0. The topological polar surface area (TPSA) is 120 Å². The van der Waals surface area contributed by atoms with E-state index in [1.54, 1.807) is 36.4 Å². The van der Waals surface area contributed by atoms with Gasteiger partial charge in [0.05, 0.1) is 21.7 Å². The summed E-state index contributed by atoms with van der Waals surface area (Å²) >= 11 is 6.13. The van der Waals surface area contributed by atoms with Gasteiger partial charge in [0, 0.05) is 17.7 Å². The molecule has 0 heterocycles. The summed E-state index contributed by atoms with van der Waals surface area (Å²) in [6.45, 7) is 1.51. The van der Waals surface area contributed by atoms with Crippen molar-refractivity contribution < 1.29 is 24.0 Å². The number of non-ortho nitro benzene ring substituents is 1. The fourth-order valence-electron chi connectivity index (χ4n) is 3.43. The van der Waals surface area contributed by atoms with E-state index in [-0.39, 0.29) is 22.0 Å². The minimum Gasteiger partial charge on any atom is -0.481 e. The summed E-state index contributed by atoms with van der Waals surface area (Å²) in [4.78, 5) is 35.5. The first-order valence-electron chi connectivity index (χ1n) is 11.1. The van der Waals surface area contributed by atoms with Crippen molar-refractivity contribution in [2.24, 2.45) is 5.10 Å². The Kier molecular flexibility index (Phi) is 7.75. The number of halogens is 1. The van der Waals surface area contributed by atoms with Crippen molar-refractivity contribution in [3.8, 4) is 11.5 Å². The van der Waals surface area contributed by atoms with E-state index in [9.17, 15) is 19.7 Å². The molecular formula is C27H20ClN3O6. The molecule has 0 radical (unpaired) electrons. The average molecular weight is 518 g/mol. The predicted molar refractivity (Wildman–Crippen MR) is 139 cm³/mol. The van der Waals surface area contributed by atoms with Crippen LogP contribution in [0.25, 0.3) is 10.8 Å². The molecule has 4 aromatic rings. The number of nitrogens with one attached hydrogen (secondary N) is 1. The lowest BCUT2D eigenvalue weighted by atomic mass is 10.0. The molecule has 10 heteroatoms. The maximum atomic E-state index is 12.8. The van der Waals surface area contributed by atoms with Crippen molar-refractivity contribution in [3.05, 3.63) is 111 Å². The van der Waals surface area contributed by atoms with Gasteiger partial charge in [0.15, 0.2) is 6.10 Å². The molecule has 0 saturated heterocycles. The standard InChI is InChI=1S/C27H20ClN3O6/c1-17(36-20-13-11-19(12-14-20)31(34)35)26(32)30-29-16-23-21-7-3-2-6-18(21)10-15-25(23)37-27(33)22-8-4-5-9-24(22)28/h2-17H,1H3,(H,30,32). The molecule has 0 spiro atoms. The molecule has 0 fully saturated rings. The summed E-state index contributed by atoms with van der Waals surface area (Å²) in [6.07, 6.45) is 0.442. The van der Waals surface area contributed by atoms with Crippen LogP contribution < -0.4 is 14.9 Å². The third-order valence-electron chi connectivity index (χ3n) is 5.33. The number of benzene rings is 4. The summed E-state index contributed by atoms with van der Waals surface area (Å²) in [6, 6.07) is 22.8. The Labute approximate surface area is 216 Å². The molecule has 9 nitrogen and oxygen atoms in total. The number of esters is 1. The SMILES string of the molecule is CC(Oc1ccc([N+](=O)[O-])cc1)C(=O)NN=Cc1c(OC(=O)c2ccccc2Cl)ccc2ccccc12. The van der Waals surface area contributed by atoms with E-state index < -0.39 is 22.9 Å². The zero-order chi connectivity index (χ0) is 26.4. The van der Waals surface area contributed by atoms with Gasteiger partial charge in [0.25, 0.3) is 11.6 Å². The number of hydrogen-bond acceptors (Lipinski definition) is 7. The van der Waals surface area contributed by atoms with Crippen LogP contribution in [0.15, 0.2) is 90.0 Å². The number of carbonyl (C=O) groups is 2. The molecule has 1 amide bonds. The maximum Gasteiger partial charge on any atom is 0.345 e. The van der Waals surface area contributed by atoms with Gasteiger partial charge in [-0.3, -0.25) is 14.9 Å². The molecule has 1 atom stereocenters. The van der Waals surface area contributed by atoms with Crippen molar-refractivity contribution in [1.82, 2.24) is 5.43 Å². The molecule has 37 heavy (non-hydrogen) atoms. The third-order valence-corrected chi connectivity index (χ3v) is 5.65. The quantitative estimate of drug-likeness (QED) is 0.108. The molecule has 0 aliphatic rings. The monoisotopic (exact) mass is 517 g/mol. The van der Waals surface area contributed by atoms with Crippen molar-refractivity contribution in [1.29, 1.82) is 0 Å². The van der Waals surface area contributed by atoms with Gasteiger partial charge in [-0.05, 0) is 48.0 Å². The number of nitro groups is 1. The second-order valence-corrected chi connectivity index (χ2v) is 8.22. The zero-order valence-electron chi connectivity index (χ0n) is 19.5. The van der Waals surface area contributed by atoms with Gasteiger partial charge >= 0.3 is 5.97 Å². The van der Waals surface area contributed by atoms with Gasteiger partial charge in [-0.1, -0.05) is 54.1 Å². The Balaban J connectivity index is 1.51. The smallest absolute Gasteiger partial charge is 0.345 e. The molecular weight excluding hydrogens is 498 g/mol. The molecule has 0 bridgehead atoms. The van der Waals surface area contributed by atoms with Gasteiger partial charge in [-0.15, -0.1) is 0 Å². The van der Waals surface area contributed by atoms with Crippen LogP contribution in [0, 0.1) is 10.1 Å². The average Bonchev–Trinajstić information content (AvgIpc) is 2.90. The largest absolute Gasteiger partial charge is 0.481 e. The molecule has 4 aromatic carbocycles. The molecule has 0 aliphatic carbocycles. The number of fused-ring (bicyclic) bond motifs is 1. The van der Waals surface area contributed by atoms with Crippen molar-refractivity contribution >= 4 is 46.2 Å². The number of hydrogen-bond donors (Lipinski definition) is 1. The highest BCUT2D eigenvalue weighted by Crippen LogP contribution is 2.28. The summed E-state index contributed by atoms with van der Waals surface area (Å²) in [5, 5.41) is 16.7. The molecule has 1 unspecified atom stereocenters. The Hall–Kier alpha value is -4.76. The van der Waals surface area contributed by atoms with Crippen LogP contribution in [0.5, 0.6) is 11.5 Å². The number of hydrazone groups is 1. The lowest BCUT2D eigenvalue weighted by molar-refractivity contribution is -0.384. The Morgan fingerprint density at radius 3 is 2.43 bits per heavy atom. The predicted octanol–water partition coefficient (Wildman–Crippen LogP) is 5.54. The molecule has 1 N–H and O–H groups in total. The van der Waals surface area contributed by atoms with Crippen molar-refractivity contribution in [2.45, 2.75) is 13.0 Å². The second-order valence-electron chi connectivity index (χ2n) is 7.81.